The number of halogens is 1. The average Bonchev–Trinajstić information content (AvgIpc) is 2.38. The fourth-order valence-corrected chi connectivity index (χ4v) is 2.31. The molecule has 0 unspecified atom stereocenters. The van der Waals surface area contributed by atoms with Gasteiger partial charge in [0.05, 0.1) is 0 Å². The van der Waals surface area contributed by atoms with E-state index in [1.807, 2.05) is 12.1 Å². The van der Waals surface area contributed by atoms with E-state index >= 15 is 0 Å². The van der Waals surface area contributed by atoms with E-state index in [-0.39, 0.29) is 0 Å². The topological polar surface area (TPSA) is 0 Å². The van der Waals surface area contributed by atoms with E-state index in [0.29, 0.717) is 0 Å². The molecule has 0 aliphatic heterocycles. The van der Waals surface area contributed by atoms with Gasteiger partial charge in [0.25, 0.3) is 0 Å². The molecule has 0 heterocycles. The zero-order valence-corrected chi connectivity index (χ0v) is 10.6. The first-order valence-electron chi connectivity index (χ1n) is 5.22. The van der Waals surface area contributed by atoms with Gasteiger partial charge in [-0.3, -0.25) is 0 Å². The Bertz CT molecular complexity index is 500. The van der Waals surface area contributed by atoms with Crippen LogP contribution in [0.15, 0.2) is 55.1 Å². The van der Waals surface area contributed by atoms with E-state index in [4.69, 9.17) is 0 Å². The highest BCUT2D eigenvalue weighted by Gasteiger charge is 2.05. The minimum Gasteiger partial charge on any atom is -0.0984 e. The first-order valence-corrected chi connectivity index (χ1v) is 6.34. The lowest BCUT2D eigenvalue weighted by Gasteiger charge is -2.10. The second-order valence-electron chi connectivity index (χ2n) is 3.58. The summed E-state index contributed by atoms with van der Waals surface area (Å²) in [5.41, 5.74) is 5.00. The maximum absolute atomic E-state index is 3.86. The van der Waals surface area contributed by atoms with Crippen molar-refractivity contribution in [3.8, 4) is 11.1 Å². The molecule has 80 valence electrons. The van der Waals surface area contributed by atoms with Gasteiger partial charge in [0.2, 0.25) is 0 Å². The van der Waals surface area contributed by atoms with Crippen molar-refractivity contribution in [3.05, 3.63) is 66.2 Å². The van der Waals surface area contributed by atoms with Gasteiger partial charge < -0.3 is 0 Å². The minimum atomic E-state index is 0.870. The molecular weight excluding hydrogens is 260 g/mol. The second-order valence-corrected chi connectivity index (χ2v) is 4.14. The van der Waals surface area contributed by atoms with Crippen LogP contribution >= 0.6 is 15.9 Å². The Hall–Kier alpha value is -1.34. The maximum Gasteiger partial charge on any atom is 0.0289 e. The van der Waals surface area contributed by atoms with E-state index in [2.05, 4.69) is 65.0 Å². The summed E-state index contributed by atoms with van der Waals surface area (Å²) < 4.78 is 0. The molecule has 2 rings (SSSR count). The minimum absolute atomic E-state index is 0.870. The van der Waals surface area contributed by atoms with E-state index in [9.17, 15) is 0 Å². The van der Waals surface area contributed by atoms with Crippen LogP contribution in [0.1, 0.15) is 11.1 Å². The van der Waals surface area contributed by atoms with Crippen molar-refractivity contribution < 1.29 is 0 Å². The van der Waals surface area contributed by atoms with Crippen LogP contribution in [0, 0.1) is 0 Å². The number of hydrogen-bond acceptors (Lipinski definition) is 0. The third kappa shape index (κ3) is 2.10. The molecule has 0 aliphatic carbocycles. The van der Waals surface area contributed by atoms with Crippen LogP contribution in [0.5, 0.6) is 0 Å². The Morgan fingerprint density at radius 2 is 1.56 bits per heavy atom. The van der Waals surface area contributed by atoms with Crippen molar-refractivity contribution in [2.24, 2.45) is 0 Å². The molecule has 0 spiro atoms. The van der Waals surface area contributed by atoms with Gasteiger partial charge in [-0.2, -0.15) is 0 Å². The second kappa shape index (κ2) is 5.13. The van der Waals surface area contributed by atoms with E-state index < -0.39 is 0 Å². The number of rotatable bonds is 3. The molecule has 0 aromatic heterocycles. The SMILES string of the molecule is C=Cc1ccccc1-c1ccccc1CBr. The van der Waals surface area contributed by atoms with Gasteiger partial charge in [-0.25, -0.2) is 0 Å². The zero-order valence-electron chi connectivity index (χ0n) is 8.99. The number of hydrogen-bond donors (Lipinski definition) is 0. The Morgan fingerprint density at radius 1 is 0.938 bits per heavy atom. The molecule has 0 fully saturated rings. The molecule has 16 heavy (non-hydrogen) atoms. The van der Waals surface area contributed by atoms with Crippen molar-refractivity contribution in [3.63, 3.8) is 0 Å². The number of alkyl halides is 1. The van der Waals surface area contributed by atoms with E-state index in [0.717, 1.165) is 5.33 Å². The third-order valence-corrected chi connectivity index (χ3v) is 3.24. The summed E-state index contributed by atoms with van der Waals surface area (Å²) in [4.78, 5) is 0. The summed E-state index contributed by atoms with van der Waals surface area (Å²) in [5.74, 6) is 0. The third-order valence-electron chi connectivity index (χ3n) is 2.63. The van der Waals surface area contributed by atoms with Crippen LogP contribution in [-0.2, 0) is 5.33 Å². The Balaban J connectivity index is 2.62. The molecule has 0 nitrogen and oxygen atoms in total. The molecule has 1 heteroatoms. The Kier molecular flexibility index (Phi) is 3.58. The molecule has 0 amide bonds. The summed E-state index contributed by atoms with van der Waals surface area (Å²) in [6.07, 6.45) is 1.90. The normalized spacial score (nSPS) is 10.1. The summed E-state index contributed by atoms with van der Waals surface area (Å²) in [5, 5.41) is 0.870. The van der Waals surface area contributed by atoms with Crippen molar-refractivity contribution >= 4 is 22.0 Å². The van der Waals surface area contributed by atoms with Crippen LogP contribution in [0.25, 0.3) is 17.2 Å². The van der Waals surface area contributed by atoms with Crippen molar-refractivity contribution in [1.82, 2.24) is 0 Å². The molecule has 0 N–H and O–H groups in total. The van der Waals surface area contributed by atoms with Gasteiger partial charge in [-0.15, -0.1) is 0 Å². The molecule has 0 aliphatic rings. The molecular formula is C15H13Br. The van der Waals surface area contributed by atoms with Crippen molar-refractivity contribution in [2.75, 3.05) is 0 Å². The van der Waals surface area contributed by atoms with Gasteiger partial charge in [0.15, 0.2) is 0 Å². The predicted octanol–water partition coefficient (Wildman–Crippen LogP) is 4.89. The zero-order chi connectivity index (χ0) is 11.4. The summed E-state index contributed by atoms with van der Waals surface area (Å²) in [6.45, 7) is 3.86. The molecule has 0 radical (unpaired) electrons. The Morgan fingerprint density at radius 3 is 2.25 bits per heavy atom. The molecule has 0 bridgehead atoms. The first kappa shape index (κ1) is 11.2. The van der Waals surface area contributed by atoms with Crippen molar-refractivity contribution in [2.45, 2.75) is 5.33 Å². The highest BCUT2D eigenvalue weighted by Crippen LogP contribution is 2.28. The molecule has 2 aromatic rings. The lowest BCUT2D eigenvalue weighted by Crippen LogP contribution is -1.88. The smallest absolute Gasteiger partial charge is 0.0289 e. The average molecular weight is 273 g/mol. The molecule has 0 saturated heterocycles. The van der Waals surface area contributed by atoms with Gasteiger partial charge in [-0.1, -0.05) is 77.1 Å². The van der Waals surface area contributed by atoms with Gasteiger partial charge in [0, 0.05) is 5.33 Å². The van der Waals surface area contributed by atoms with E-state index in [1.165, 1.54) is 22.3 Å². The van der Waals surface area contributed by atoms with Crippen LogP contribution in [0.2, 0.25) is 0 Å². The van der Waals surface area contributed by atoms with Gasteiger partial charge >= 0.3 is 0 Å². The quantitative estimate of drug-likeness (QED) is 0.698. The van der Waals surface area contributed by atoms with Crippen LogP contribution in [-0.4, -0.2) is 0 Å². The van der Waals surface area contributed by atoms with Crippen molar-refractivity contribution in [1.29, 1.82) is 0 Å². The van der Waals surface area contributed by atoms with Crippen LogP contribution < -0.4 is 0 Å². The maximum atomic E-state index is 3.86. The van der Waals surface area contributed by atoms with Gasteiger partial charge in [-0.05, 0) is 22.3 Å². The first-order chi connectivity index (χ1) is 7.86. The highest BCUT2D eigenvalue weighted by molar-refractivity contribution is 9.08. The van der Waals surface area contributed by atoms with Crippen LogP contribution in [0.4, 0.5) is 0 Å². The van der Waals surface area contributed by atoms with Gasteiger partial charge in [0.1, 0.15) is 0 Å². The Labute approximate surface area is 105 Å². The molecule has 0 saturated carbocycles. The van der Waals surface area contributed by atoms with E-state index in [1.54, 1.807) is 0 Å². The summed E-state index contributed by atoms with van der Waals surface area (Å²) in [6, 6.07) is 16.8. The standard InChI is InChI=1S/C15H13Br/c1-2-12-7-3-5-9-14(12)15-10-6-4-8-13(15)11-16/h2-10H,1,11H2. The summed E-state index contributed by atoms with van der Waals surface area (Å²) >= 11 is 3.53. The molecule has 0 atom stereocenters. The fourth-order valence-electron chi connectivity index (χ4n) is 1.82. The fraction of sp³-hybridized carbons (Fsp3) is 0.0667. The lowest BCUT2D eigenvalue weighted by atomic mass is 9.96. The molecule has 2 aromatic carbocycles. The lowest BCUT2D eigenvalue weighted by molar-refractivity contribution is 1.42. The van der Waals surface area contributed by atoms with Crippen LogP contribution in [0.3, 0.4) is 0 Å². The summed E-state index contributed by atoms with van der Waals surface area (Å²) in [7, 11) is 0. The number of benzene rings is 2. The monoisotopic (exact) mass is 272 g/mol. The predicted molar refractivity (Wildman–Crippen MR) is 74.6 cm³/mol. The largest absolute Gasteiger partial charge is 0.0984 e. The highest BCUT2D eigenvalue weighted by atomic mass is 79.9.